The Morgan fingerprint density at radius 2 is 2.33 bits per heavy atom. The van der Waals surface area contributed by atoms with E-state index in [0.29, 0.717) is 0 Å². The summed E-state index contributed by atoms with van der Waals surface area (Å²) in [6.07, 6.45) is 1.50. The summed E-state index contributed by atoms with van der Waals surface area (Å²) < 4.78 is 4.65. The summed E-state index contributed by atoms with van der Waals surface area (Å²) >= 11 is 0. The van der Waals surface area contributed by atoms with Gasteiger partial charge in [-0.05, 0) is 6.92 Å². The number of amides is 1. The van der Waals surface area contributed by atoms with E-state index in [1.165, 1.54) is 18.0 Å². The fraction of sp³-hybridized carbons (Fsp3) is 0.444. The van der Waals surface area contributed by atoms with Gasteiger partial charge in [0.2, 0.25) is 5.39 Å². The summed E-state index contributed by atoms with van der Waals surface area (Å²) in [7, 11) is 1.48. The quantitative estimate of drug-likeness (QED) is 0.322. The van der Waals surface area contributed by atoms with Gasteiger partial charge in [-0.2, -0.15) is 0 Å². The van der Waals surface area contributed by atoms with Crippen molar-refractivity contribution in [2.24, 2.45) is 0 Å². The average molecular weight is 212 g/mol. The number of likely N-dealkylation sites (N-methyl/N-ethyl adjacent to an activating group) is 1. The van der Waals surface area contributed by atoms with Gasteiger partial charge in [0.15, 0.2) is 4.98 Å². The Labute approximate surface area is 88.1 Å². The Bertz CT molecular complexity index is 317. The molecule has 0 bridgehead atoms. The van der Waals surface area contributed by atoms with Crippen LogP contribution in [0.5, 0.6) is 0 Å². The Morgan fingerprint density at radius 3 is 2.73 bits per heavy atom. The number of aliphatic hydroxyl groups excluding tert-OH is 1. The van der Waals surface area contributed by atoms with Gasteiger partial charge in [0.1, 0.15) is 0 Å². The highest BCUT2D eigenvalue weighted by molar-refractivity contribution is 5.95. The molecule has 0 spiro atoms. The second kappa shape index (κ2) is 6.43. The van der Waals surface area contributed by atoms with Gasteiger partial charge in [0.25, 0.3) is 0 Å². The van der Waals surface area contributed by atoms with Gasteiger partial charge in [0.05, 0.1) is 6.61 Å². The molecule has 0 aliphatic carbocycles. The smallest absolute Gasteiger partial charge is 0.475 e. The number of carbonyl (C=O) groups is 1. The minimum Gasteiger partial charge on any atom is -0.475 e. The zero-order valence-corrected chi connectivity index (χ0v) is 8.80. The van der Waals surface area contributed by atoms with Crippen LogP contribution in [0.4, 0.5) is 0 Å². The second-order valence-electron chi connectivity index (χ2n) is 2.66. The van der Waals surface area contributed by atoms with E-state index in [2.05, 4.69) is 16.3 Å². The standard InChI is InChI=1S/C9H13N3O3/c1-4-6-12(3)8(13)7(11-10)9(14)15-5-2/h4H,1,5-6H2,2-3H3/p+1. The molecule has 0 heterocycles. The average Bonchev–Trinajstić information content (AvgIpc) is 2.19. The third-order valence-electron chi connectivity index (χ3n) is 1.54. The molecule has 0 atom stereocenters. The van der Waals surface area contributed by atoms with Gasteiger partial charge in [-0.15, -0.1) is 6.58 Å². The van der Waals surface area contributed by atoms with E-state index in [4.69, 9.17) is 5.39 Å². The van der Waals surface area contributed by atoms with Gasteiger partial charge >= 0.3 is 17.5 Å². The summed E-state index contributed by atoms with van der Waals surface area (Å²) in [5.41, 5.74) is -0.527. The molecular formula is C9H14N3O3+. The third-order valence-corrected chi connectivity index (χ3v) is 1.54. The predicted molar refractivity (Wildman–Crippen MR) is 54.2 cm³/mol. The van der Waals surface area contributed by atoms with Gasteiger partial charge < -0.3 is 14.7 Å². The lowest BCUT2D eigenvalue weighted by Crippen LogP contribution is -2.28. The number of rotatable bonds is 5. The van der Waals surface area contributed by atoms with Crippen LogP contribution in [0, 0.1) is 5.39 Å². The maximum atomic E-state index is 11.5. The molecule has 0 aliphatic rings. The molecule has 0 saturated carbocycles. The van der Waals surface area contributed by atoms with Crippen LogP contribution < -0.4 is 0 Å². The van der Waals surface area contributed by atoms with E-state index >= 15 is 0 Å². The molecule has 82 valence electrons. The molecule has 0 aromatic heterocycles. The molecule has 0 saturated heterocycles. The first-order valence-corrected chi connectivity index (χ1v) is 4.35. The highest BCUT2D eigenvalue weighted by Crippen LogP contribution is 2.08. The van der Waals surface area contributed by atoms with Crippen LogP contribution in [0.2, 0.25) is 0 Å². The molecule has 0 unspecified atom stereocenters. The fourth-order valence-electron chi connectivity index (χ4n) is 0.839. The molecule has 0 rings (SSSR count). The van der Waals surface area contributed by atoms with Crippen molar-refractivity contribution < 1.29 is 14.6 Å². The van der Waals surface area contributed by atoms with Crippen molar-refractivity contribution in [3.63, 3.8) is 0 Å². The Balaban J connectivity index is 4.84. The first-order valence-electron chi connectivity index (χ1n) is 4.35. The van der Waals surface area contributed by atoms with Crippen molar-refractivity contribution in [1.29, 1.82) is 5.39 Å². The van der Waals surface area contributed by atoms with E-state index in [-0.39, 0.29) is 13.2 Å². The molecule has 6 nitrogen and oxygen atoms in total. The molecule has 0 radical (unpaired) electrons. The van der Waals surface area contributed by atoms with E-state index in [0.717, 1.165) is 0 Å². The summed E-state index contributed by atoms with van der Waals surface area (Å²) in [5.74, 6) is -1.34. The highest BCUT2D eigenvalue weighted by Gasteiger charge is 2.33. The molecular weight excluding hydrogens is 198 g/mol. The van der Waals surface area contributed by atoms with Crippen LogP contribution in [0.25, 0.3) is 4.98 Å². The Hall–Kier alpha value is -2.03. The maximum Gasteiger partial charge on any atom is 0.527 e. The lowest BCUT2D eigenvalue weighted by Gasteiger charge is -2.09. The summed E-state index contributed by atoms with van der Waals surface area (Å²) in [5, 5.41) is 17.8. The van der Waals surface area contributed by atoms with Gasteiger partial charge in [-0.3, -0.25) is 4.79 Å². The number of carbonyl (C=O) groups excluding carboxylic acids is 1. The van der Waals surface area contributed by atoms with E-state index in [1.54, 1.807) is 6.92 Å². The summed E-state index contributed by atoms with van der Waals surface area (Å²) in [6, 6.07) is 0. The Kier molecular flexibility index (Phi) is 5.56. The van der Waals surface area contributed by atoms with Crippen molar-refractivity contribution in [1.82, 2.24) is 4.90 Å². The van der Waals surface area contributed by atoms with Gasteiger partial charge in [-0.25, -0.2) is 0 Å². The van der Waals surface area contributed by atoms with E-state index in [9.17, 15) is 9.90 Å². The predicted octanol–water partition coefficient (Wildman–Crippen LogP) is 1.25. The van der Waals surface area contributed by atoms with Crippen LogP contribution >= 0.6 is 0 Å². The minimum atomic E-state index is -0.694. The zero-order chi connectivity index (χ0) is 11.8. The maximum absolute atomic E-state index is 11.5. The number of hydrogen-bond donors (Lipinski definition) is 1. The van der Waals surface area contributed by atoms with Crippen LogP contribution in [0.15, 0.2) is 24.3 Å². The van der Waals surface area contributed by atoms with Crippen molar-refractivity contribution in [3.05, 3.63) is 29.3 Å². The molecule has 0 aromatic rings. The summed E-state index contributed by atoms with van der Waals surface area (Å²) in [6.45, 7) is 5.53. The molecule has 1 amide bonds. The van der Waals surface area contributed by atoms with Gasteiger partial charge in [0, 0.05) is 13.6 Å². The monoisotopic (exact) mass is 212 g/mol. The first kappa shape index (κ1) is 13.0. The molecule has 15 heavy (non-hydrogen) atoms. The van der Waals surface area contributed by atoms with Gasteiger partial charge in [-0.1, -0.05) is 6.08 Å². The third kappa shape index (κ3) is 3.68. The fourth-order valence-corrected chi connectivity index (χ4v) is 0.839. The van der Waals surface area contributed by atoms with Crippen molar-refractivity contribution in [2.75, 3.05) is 20.2 Å². The zero-order valence-electron chi connectivity index (χ0n) is 8.80. The molecule has 0 aromatic carbocycles. The number of ether oxygens (including phenoxy) is 1. The van der Waals surface area contributed by atoms with Crippen molar-refractivity contribution >= 4 is 5.91 Å². The Morgan fingerprint density at radius 1 is 1.73 bits per heavy atom. The second-order valence-corrected chi connectivity index (χ2v) is 2.66. The lowest BCUT2D eigenvalue weighted by molar-refractivity contribution is -0.125. The first-order chi connectivity index (χ1) is 7.08. The molecule has 1 N–H and O–H groups in total. The number of hydrogen-bond acceptors (Lipinski definition) is 4. The normalized spacial score (nSPS) is 11.0. The number of aliphatic hydroxyl groups is 1. The molecule has 0 aliphatic heterocycles. The number of diazo groups is 1. The lowest BCUT2D eigenvalue weighted by atomic mass is 10.4. The van der Waals surface area contributed by atoms with Crippen LogP contribution in [0.1, 0.15) is 6.92 Å². The number of nitrogens with zero attached hydrogens (tertiary/aromatic N) is 3. The van der Waals surface area contributed by atoms with E-state index in [1.807, 2.05) is 0 Å². The van der Waals surface area contributed by atoms with E-state index < -0.39 is 17.5 Å². The van der Waals surface area contributed by atoms with Crippen molar-refractivity contribution in [3.8, 4) is 0 Å². The van der Waals surface area contributed by atoms with Crippen LogP contribution in [0.3, 0.4) is 0 Å². The topological polar surface area (TPSA) is 77.9 Å². The highest BCUT2D eigenvalue weighted by atomic mass is 16.6. The molecule has 0 fully saturated rings. The summed E-state index contributed by atoms with van der Waals surface area (Å²) in [4.78, 5) is 15.4. The van der Waals surface area contributed by atoms with Crippen LogP contribution in [-0.4, -0.2) is 36.1 Å². The largest absolute Gasteiger partial charge is 0.527 e. The van der Waals surface area contributed by atoms with Crippen molar-refractivity contribution in [2.45, 2.75) is 6.92 Å². The van der Waals surface area contributed by atoms with Crippen LogP contribution in [-0.2, 0) is 9.53 Å². The molecule has 6 heteroatoms. The SMILES string of the molecule is C=CCN(C)C(=O)/C([N+]#N)=C(\O)OCC. The minimum absolute atomic E-state index is 0.170.